The van der Waals surface area contributed by atoms with Crippen molar-refractivity contribution < 1.29 is 9.47 Å². The Kier molecular flexibility index (Phi) is 16.4. The van der Waals surface area contributed by atoms with E-state index in [-0.39, 0.29) is 10.8 Å². The van der Waals surface area contributed by atoms with Gasteiger partial charge in [-0.3, -0.25) is 0 Å². The third-order valence-electron chi connectivity index (χ3n) is 9.19. The summed E-state index contributed by atoms with van der Waals surface area (Å²) in [5.74, 6) is 2.50. The standard InChI is InChI=1S/C42H70O2/c1-12-15-17-19-21-23-26-43-39-28-32(4)35(30-37(39)41(6,7)8)34(25-14-3)36-31-38(42(9,10)11)40(29-33(36)5)44-27-24-22-20-18-16-13-2/h28-31,34H,12-27H2,1-11H3. The van der Waals surface area contributed by atoms with Crippen LogP contribution in [0.4, 0.5) is 0 Å². The fourth-order valence-electron chi connectivity index (χ4n) is 6.45. The predicted molar refractivity (Wildman–Crippen MR) is 194 cm³/mol. The third kappa shape index (κ3) is 12.1. The molecule has 0 bridgehead atoms. The summed E-state index contributed by atoms with van der Waals surface area (Å²) in [5, 5.41) is 0. The van der Waals surface area contributed by atoms with Gasteiger partial charge in [-0.1, -0.05) is 145 Å². The number of benzene rings is 2. The van der Waals surface area contributed by atoms with E-state index >= 15 is 0 Å². The van der Waals surface area contributed by atoms with Gasteiger partial charge in [0.15, 0.2) is 0 Å². The molecule has 0 spiro atoms. The highest BCUT2D eigenvalue weighted by Gasteiger charge is 2.28. The molecule has 2 heteroatoms. The molecule has 0 amide bonds. The minimum Gasteiger partial charge on any atom is -0.493 e. The largest absolute Gasteiger partial charge is 0.493 e. The lowest BCUT2D eigenvalue weighted by Gasteiger charge is -2.30. The third-order valence-corrected chi connectivity index (χ3v) is 9.19. The molecule has 0 aliphatic heterocycles. The lowest BCUT2D eigenvalue weighted by Crippen LogP contribution is -2.18. The van der Waals surface area contributed by atoms with Gasteiger partial charge >= 0.3 is 0 Å². The molecule has 0 aromatic heterocycles. The van der Waals surface area contributed by atoms with E-state index in [1.54, 1.807) is 0 Å². The van der Waals surface area contributed by atoms with Crippen molar-refractivity contribution >= 4 is 0 Å². The maximum absolute atomic E-state index is 6.51. The van der Waals surface area contributed by atoms with Crippen LogP contribution in [0.25, 0.3) is 0 Å². The molecule has 0 radical (unpaired) electrons. The van der Waals surface area contributed by atoms with Gasteiger partial charge < -0.3 is 9.47 Å². The van der Waals surface area contributed by atoms with Gasteiger partial charge in [-0.25, -0.2) is 0 Å². The molecule has 0 aliphatic carbocycles. The smallest absolute Gasteiger partial charge is 0.123 e. The molecular weight excluding hydrogens is 536 g/mol. The molecule has 2 rings (SSSR count). The second-order valence-corrected chi connectivity index (χ2v) is 15.5. The second kappa shape index (κ2) is 18.9. The Balaban J connectivity index is 2.39. The lowest BCUT2D eigenvalue weighted by atomic mass is 9.76. The number of ether oxygens (including phenoxy) is 2. The Morgan fingerprint density at radius 3 is 1.20 bits per heavy atom. The molecule has 0 saturated carbocycles. The van der Waals surface area contributed by atoms with Crippen molar-refractivity contribution in [3.05, 3.63) is 57.6 Å². The van der Waals surface area contributed by atoms with Crippen LogP contribution in [0.2, 0.25) is 0 Å². The first kappa shape index (κ1) is 38.2. The van der Waals surface area contributed by atoms with Gasteiger partial charge in [0.1, 0.15) is 11.5 Å². The van der Waals surface area contributed by atoms with E-state index in [1.807, 2.05) is 0 Å². The average molecular weight is 607 g/mol. The molecule has 2 aromatic rings. The molecule has 0 saturated heterocycles. The maximum Gasteiger partial charge on any atom is 0.123 e. The van der Waals surface area contributed by atoms with Crippen molar-refractivity contribution in [3.8, 4) is 11.5 Å². The summed E-state index contributed by atoms with van der Waals surface area (Å²) in [6.07, 6.45) is 17.7. The van der Waals surface area contributed by atoms with Crippen LogP contribution >= 0.6 is 0 Å². The van der Waals surface area contributed by atoms with E-state index in [0.717, 1.165) is 50.4 Å². The summed E-state index contributed by atoms with van der Waals surface area (Å²) in [6.45, 7) is 27.0. The monoisotopic (exact) mass is 607 g/mol. The van der Waals surface area contributed by atoms with E-state index in [9.17, 15) is 0 Å². The molecule has 0 heterocycles. The van der Waals surface area contributed by atoms with Crippen molar-refractivity contribution in [2.45, 2.75) is 183 Å². The number of rotatable bonds is 20. The molecule has 2 aromatic carbocycles. The highest BCUT2D eigenvalue weighted by molar-refractivity contribution is 5.53. The Bertz CT molecular complexity index is 1010. The molecule has 250 valence electrons. The predicted octanol–water partition coefficient (Wildman–Crippen LogP) is 13.3. The molecule has 2 nitrogen and oxygen atoms in total. The van der Waals surface area contributed by atoms with Gasteiger partial charge in [-0.05, 0) is 89.5 Å². The Hall–Kier alpha value is -1.96. The number of unbranched alkanes of at least 4 members (excludes halogenated alkanes) is 10. The summed E-state index contributed by atoms with van der Waals surface area (Å²) in [5.41, 5.74) is 8.27. The van der Waals surface area contributed by atoms with Crippen molar-refractivity contribution in [2.75, 3.05) is 13.2 Å². The van der Waals surface area contributed by atoms with E-state index in [2.05, 4.69) is 100 Å². The molecule has 0 unspecified atom stereocenters. The summed E-state index contributed by atoms with van der Waals surface area (Å²) < 4.78 is 13.0. The zero-order valence-corrected chi connectivity index (χ0v) is 31.0. The van der Waals surface area contributed by atoms with Gasteiger partial charge in [-0.2, -0.15) is 0 Å². The van der Waals surface area contributed by atoms with Gasteiger partial charge in [-0.15, -0.1) is 0 Å². The van der Waals surface area contributed by atoms with Crippen LogP contribution in [0.1, 0.15) is 192 Å². The molecule has 0 aliphatic rings. The quantitative estimate of drug-likeness (QED) is 0.140. The second-order valence-electron chi connectivity index (χ2n) is 15.5. The number of aryl methyl sites for hydroxylation is 2. The molecule has 44 heavy (non-hydrogen) atoms. The summed E-state index contributed by atoms with van der Waals surface area (Å²) >= 11 is 0. The first-order valence-electron chi connectivity index (χ1n) is 18.4. The van der Waals surface area contributed by atoms with Crippen LogP contribution in [0.5, 0.6) is 11.5 Å². The SMILES string of the molecule is CCCCCCCCOc1cc(C)c(C(CCC)c2cc(C(C)(C)C)c(OCCCCCCCC)cc2C)cc1C(C)(C)C. The van der Waals surface area contributed by atoms with E-state index in [0.29, 0.717) is 5.92 Å². The fourth-order valence-corrected chi connectivity index (χ4v) is 6.45. The van der Waals surface area contributed by atoms with Crippen molar-refractivity contribution in [1.29, 1.82) is 0 Å². The van der Waals surface area contributed by atoms with Crippen molar-refractivity contribution in [3.63, 3.8) is 0 Å². The van der Waals surface area contributed by atoms with Gasteiger partial charge in [0, 0.05) is 5.92 Å². The Morgan fingerprint density at radius 2 is 0.864 bits per heavy atom. The van der Waals surface area contributed by atoms with Crippen LogP contribution in [0.15, 0.2) is 24.3 Å². The fraction of sp³-hybridized carbons (Fsp3) is 0.714. The zero-order chi connectivity index (χ0) is 32.8. The first-order valence-corrected chi connectivity index (χ1v) is 18.4. The molecule has 0 fully saturated rings. The van der Waals surface area contributed by atoms with Crippen LogP contribution < -0.4 is 9.47 Å². The minimum atomic E-state index is 0.00945. The van der Waals surface area contributed by atoms with Crippen LogP contribution in [0.3, 0.4) is 0 Å². The Labute approximate surface area is 274 Å². The van der Waals surface area contributed by atoms with E-state index in [1.165, 1.54) is 97.6 Å². The maximum atomic E-state index is 6.51. The summed E-state index contributed by atoms with van der Waals surface area (Å²) in [6, 6.07) is 9.66. The minimum absolute atomic E-state index is 0.00945. The van der Waals surface area contributed by atoms with E-state index < -0.39 is 0 Å². The highest BCUT2D eigenvalue weighted by atomic mass is 16.5. The molecule has 0 atom stereocenters. The topological polar surface area (TPSA) is 18.5 Å². The zero-order valence-electron chi connectivity index (χ0n) is 31.0. The first-order chi connectivity index (χ1) is 20.8. The van der Waals surface area contributed by atoms with Crippen LogP contribution in [-0.4, -0.2) is 13.2 Å². The molecular formula is C42H70O2. The Morgan fingerprint density at radius 1 is 0.500 bits per heavy atom. The summed E-state index contributed by atoms with van der Waals surface area (Å²) in [4.78, 5) is 0. The lowest BCUT2D eigenvalue weighted by molar-refractivity contribution is 0.296. The number of hydrogen-bond acceptors (Lipinski definition) is 2. The van der Waals surface area contributed by atoms with Gasteiger partial charge in [0.05, 0.1) is 13.2 Å². The van der Waals surface area contributed by atoms with Crippen molar-refractivity contribution in [1.82, 2.24) is 0 Å². The van der Waals surface area contributed by atoms with Gasteiger partial charge in [0.2, 0.25) is 0 Å². The van der Waals surface area contributed by atoms with E-state index in [4.69, 9.17) is 9.47 Å². The van der Waals surface area contributed by atoms with Crippen molar-refractivity contribution in [2.24, 2.45) is 0 Å². The summed E-state index contributed by atoms with van der Waals surface area (Å²) in [7, 11) is 0. The average Bonchev–Trinajstić information content (AvgIpc) is 2.94. The highest BCUT2D eigenvalue weighted by Crippen LogP contribution is 2.43. The molecule has 0 N–H and O–H groups in total. The normalized spacial score (nSPS) is 12.3. The van der Waals surface area contributed by atoms with Crippen LogP contribution in [-0.2, 0) is 10.8 Å². The van der Waals surface area contributed by atoms with Gasteiger partial charge in [0.25, 0.3) is 0 Å². The van der Waals surface area contributed by atoms with Crippen LogP contribution in [0, 0.1) is 13.8 Å². The number of hydrogen-bond donors (Lipinski definition) is 0.